The molecule has 4 nitrogen and oxygen atoms in total. The van der Waals surface area contributed by atoms with E-state index >= 15 is 0 Å². The summed E-state index contributed by atoms with van der Waals surface area (Å²) < 4.78 is 65.6. The minimum absolute atomic E-state index is 0.0884. The SMILES string of the molecule is CO[C@@H]1CC[C@@H]2OCCN(C(=O)c3c(F)c(F)cc(F)c3F)[C@H]2C1. The number of hydrogen-bond acceptors (Lipinski definition) is 3. The summed E-state index contributed by atoms with van der Waals surface area (Å²) in [6.45, 7) is 0.291. The third kappa shape index (κ3) is 2.88. The van der Waals surface area contributed by atoms with Gasteiger partial charge in [-0.05, 0) is 19.3 Å². The molecule has 24 heavy (non-hydrogen) atoms. The molecular weight excluding hydrogens is 330 g/mol. The molecule has 0 spiro atoms. The van der Waals surface area contributed by atoms with E-state index in [-0.39, 0.29) is 31.4 Å². The maximum absolute atomic E-state index is 13.9. The molecule has 0 unspecified atom stereocenters. The van der Waals surface area contributed by atoms with Crippen LogP contribution in [0.15, 0.2) is 6.07 Å². The van der Waals surface area contributed by atoms with E-state index in [0.29, 0.717) is 12.8 Å². The van der Waals surface area contributed by atoms with Gasteiger partial charge in [-0.25, -0.2) is 17.6 Å². The molecule has 1 aromatic rings. The van der Waals surface area contributed by atoms with Crippen molar-refractivity contribution in [1.29, 1.82) is 0 Å². The molecule has 0 radical (unpaired) electrons. The Morgan fingerprint density at radius 1 is 1.21 bits per heavy atom. The number of amides is 1. The number of halogens is 4. The quantitative estimate of drug-likeness (QED) is 0.610. The monoisotopic (exact) mass is 347 g/mol. The Labute approximate surface area is 136 Å². The van der Waals surface area contributed by atoms with E-state index in [1.807, 2.05) is 0 Å². The summed E-state index contributed by atoms with van der Waals surface area (Å²) in [7, 11) is 1.54. The van der Waals surface area contributed by atoms with E-state index < -0.39 is 40.8 Å². The zero-order valence-corrected chi connectivity index (χ0v) is 13.0. The standard InChI is InChI=1S/C16H17F4NO3/c1-23-8-2-3-12-11(6-8)21(4-5-24-12)16(22)13-14(19)9(17)7-10(18)15(13)20/h7-8,11-12H,2-6H2,1H3/t8-,11+,12+/m1/s1. The summed E-state index contributed by atoms with van der Waals surface area (Å²) in [5.74, 6) is -7.62. The Hall–Kier alpha value is -1.67. The fourth-order valence-corrected chi connectivity index (χ4v) is 3.44. The highest BCUT2D eigenvalue weighted by Gasteiger charge is 2.42. The predicted octanol–water partition coefficient (Wildman–Crippen LogP) is 2.65. The highest BCUT2D eigenvalue weighted by Crippen LogP contribution is 2.32. The highest BCUT2D eigenvalue weighted by atomic mass is 19.2. The Kier molecular flexibility index (Phi) is 4.78. The molecular formula is C16H17F4NO3. The van der Waals surface area contributed by atoms with Crippen LogP contribution in [0, 0.1) is 23.3 Å². The van der Waals surface area contributed by atoms with Crippen molar-refractivity contribution in [3.63, 3.8) is 0 Å². The van der Waals surface area contributed by atoms with Gasteiger partial charge in [0.2, 0.25) is 0 Å². The number of nitrogens with zero attached hydrogens (tertiary/aromatic N) is 1. The predicted molar refractivity (Wildman–Crippen MR) is 75.5 cm³/mol. The number of hydrogen-bond donors (Lipinski definition) is 0. The smallest absolute Gasteiger partial charge is 0.260 e. The Morgan fingerprint density at radius 3 is 2.50 bits per heavy atom. The molecule has 1 aliphatic heterocycles. The zero-order valence-electron chi connectivity index (χ0n) is 13.0. The molecule has 0 aromatic heterocycles. The molecule has 1 heterocycles. The Morgan fingerprint density at radius 2 is 1.88 bits per heavy atom. The second-order valence-corrected chi connectivity index (χ2v) is 5.99. The van der Waals surface area contributed by atoms with E-state index in [4.69, 9.17) is 9.47 Å². The van der Waals surface area contributed by atoms with Crippen molar-refractivity contribution in [2.75, 3.05) is 20.3 Å². The summed E-state index contributed by atoms with van der Waals surface area (Å²) >= 11 is 0. The Balaban J connectivity index is 1.94. The third-order valence-electron chi connectivity index (χ3n) is 4.69. The van der Waals surface area contributed by atoms with E-state index in [1.54, 1.807) is 7.11 Å². The van der Waals surface area contributed by atoms with Gasteiger partial charge in [-0.15, -0.1) is 0 Å². The number of ether oxygens (including phenoxy) is 2. The van der Waals surface area contributed by atoms with Crippen LogP contribution >= 0.6 is 0 Å². The average molecular weight is 347 g/mol. The summed E-state index contributed by atoms with van der Waals surface area (Å²) in [6.07, 6.45) is 1.43. The van der Waals surface area contributed by atoms with E-state index in [0.717, 1.165) is 6.42 Å². The van der Waals surface area contributed by atoms with E-state index in [2.05, 4.69) is 0 Å². The maximum Gasteiger partial charge on any atom is 0.260 e. The van der Waals surface area contributed by atoms with Crippen LogP contribution in [0.5, 0.6) is 0 Å². The zero-order chi connectivity index (χ0) is 17.4. The van der Waals surface area contributed by atoms with Crippen molar-refractivity contribution in [3.05, 3.63) is 34.9 Å². The fourth-order valence-electron chi connectivity index (χ4n) is 3.44. The summed E-state index contributed by atoms with van der Waals surface area (Å²) in [4.78, 5) is 13.8. The number of carbonyl (C=O) groups excluding carboxylic acids is 1. The van der Waals surface area contributed by atoms with Crippen molar-refractivity contribution >= 4 is 5.91 Å². The van der Waals surface area contributed by atoms with Crippen LogP contribution in [-0.2, 0) is 9.47 Å². The molecule has 1 amide bonds. The molecule has 8 heteroatoms. The topological polar surface area (TPSA) is 38.8 Å². The molecule has 1 aromatic carbocycles. The summed E-state index contributed by atoms with van der Waals surface area (Å²) in [5.41, 5.74) is -1.20. The van der Waals surface area contributed by atoms with Crippen molar-refractivity contribution < 1.29 is 31.8 Å². The first kappa shape index (κ1) is 17.2. The van der Waals surface area contributed by atoms with Crippen molar-refractivity contribution in [3.8, 4) is 0 Å². The number of methoxy groups -OCH3 is 1. The molecule has 1 saturated heterocycles. The molecule has 2 aliphatic rings. The second kappa shape index (κ2) is 6.68. The van der Waals surface area contributed by atoms with Crippen molar-refractivity contribution in [1.82, 2.24) is 4.90 Å². The van der Waals surface area contributed by atoms with Gasteiger partial charge in [-0.1, -0.05) is 0 Å². The van der Waals surface area contributed by atoms with Gasteiger partial charge in [0.15, 0.2) is 23.3 Å². The van der Waals surface area contributed by atoms with Crippen LogP contribution in [0.1, 0.15) is 29.6 Å². The van der Waals surface area contributed by atoms with Crippen LogP contribution in [0.2, 0.25) is 0 Å². The average Bonchev–Trinajstić information content (AvgIpc) is 2.59. The number of morpholine rings is 1. The lowest BCUT2D eigenvalue weighted by Gasteiger charge is -2.45. The molecule has 132 valence electrons. The molecule has 1 saturated carbocycles. The maximum atomic E-state index is 13.9. The van der Waals surface area contributed by atoms with E-state index in [1.165, 1.54) is 4.90 Å². The molecule has 2 fully saturated rings. The lowest BCUT2D eigenvalue weighted by atomic mass is 9.87. The van der Waals surface area contributed by atoms with Gasteiger partial charge >= 0.3 is 0 Å². The number of carbonyl (C=O) groups is 1. The van der Waals surface area contributed by atoms with Gasteiger partial charge in [0.1, 0.15) is 5.56 Å². The van der Waals surface area contributed by atoms with Gasteiger partial charge in [0.05, 0.1) is 24.9 Å². The van der Waals surface area contributed by atoms with Crippen LogP contribution in [0.4, 0.5) is 17.6 Å². The lowest BCUT2D eigenvalue weighted by Crippen LogP contribution is -2.57. The third-order valence-corrected chi connectivity index (χ3v) is 4.69. The van der Waals surface area contributed by atoms with Crippen LogP contribution in [0.25, 0.3) is 0 Å². The van der Waals surface area contributed by atoms with Gasteiger partial charge < -0.3 is 14.4 Å². The van der Waals surface area contributed by atoms with Crippen molar-refractivity contribution in [2.45, 2.75) is 37.5 Å². The first-order chi connectivity index (χ1) is 11.4. The molecule has 0 N–H and O–H groups in total. The molecule has 0 bridgehead atoms. The summed E-state index contributed by atoms with van der Waals surface area (Å²) in [6, 6.07) is -0.361. The van der Waals surface area contributed by atoms with Gasteiger partial charge in [-0.2, -0.15) is 0 Å². The van der Waals surface area contributed by atoms with Crippen LogP contribution in [0.3, 0.4) is 0 Å². The fraction of sp³-hybridized carbons (Fsp3) is 0.562. The van der Waals surface area contributed by atoms with E-state index in [9.17, 15) is 22.4 Å². The first-order valence-electron chi connectivity index (χ1n) is 7.72. The second-order valence-electron chi connectivity index (χ2n) is 5.99. The Bertz CT molecular complexity index is 628. The minimum atomic E-state index is -1.68. The van der Waals surface area contributed by atoms with Gasteiger partial charge in [0, 0.05) is 19.7 Å². The number of benzene rings is 1. The molecule has 1 aliphatic carbocycles. The number of rotatable bonds is 2. The van der Waals surface area contributed by atoms with Gasteiger partial charge in [0.25, 0.3) is 5.91 Å². The normalized spacial score (nSPS) is 27.0. The van der Waals surface area contributed by atoms with Crippen molar-refractivity contribution in [2.24, 2.45) is 0 Å². The lowest BCUT2D eigenvalue weighted by molar-refractivity contribution is -0.101. The molecule has 3 atom stereocenters. The molecule has 3 rings (SSSR count). The van der Waals surface area contributed by atoms with Crippen LogP contribution < -0.4 is 0 Å². The summed E-state index contributed by atoms with van der Waals surface area (Å²) in [5, 5.41) is 0. The minimum Gasteiger partial charge on any atom is -0.381 e. The number of fused-ring (bicyclic) bond motifs is 1. The van der Waals surface area contributed by atoms with Crippen LogP contribution in [-0.4, -0.2) is 49.3 Å². The largest absolute Gasteiger partial charge is 0.381 e. The van der Waals surface area contributed by atoms with Gasteiger partial charge in [-0.3, -0.25) is 4.79 Å². The first-order valence-corrected chi connectivity index (χ1v) is 7.72. The highest BCUT2D eigenvalue weighted by molar-refractivity contribution is 5.95.